The minimum Gasteiger partial charge on any atom is -0.456 e. The fraction of sp³-hybridized carbons (Fsp3) is 0. The van der Waals surface area contributed by atoms with Gasteiger partial charge in [0.15, 0.2) is 5.58 Å². The second-order valence-electron chi connectivity index (χ2n) is 10.8. The fourth-order valence-corrected chi connectivity index (χ4v) is 6.35. The van der Waals surface area contributed by atoms with Gasteiger partial charge in [0.05, 0.1) is 17.4 Å². The Hall–Kier alpha value is -5.87. The zero-order valence-electron chi connectivity index (χ0n) is 23.1. The van der Waals surface area contributed by atoms with Gasteiger partial charge in [0.1, 0.15) is 16.7 Å². The Labute approximate surface area is 247 Å². The van der Waals surface area contributed by atoms with Gasteiger partial charge in [0, 0.05) is 56.0 Å². The molecule has 0 atom stereocenters. The first kappa shape index (κ1) is 23.8. The van der Waals surface area contributed by atoms with Gasteiger partial charge in [-0.25, -0.2) is 0 Å². The van der Waals surface area contributed by atoms with Crippen LogP contribution >= 0.6 is 0 Å². The molecule has 0 spiro atoms. The van der Waals surface area contributed by atoms with E-state index in [4.69, 9.17) is 8.83 Å². The molecule has 0 aliphatic heterocycles. The SMILES string of the molecule is c1ccc(-c2ccccc2N(c2ccc3c(c2)oc2ccccc23)c2ccc3c(c2)oc2cnc4ccccc4c23)cc1. The van der Waals surface area contributed by atoms with E-state index in [1.54, 1.807) is 0 Å². The number of nitrogens with zero attached hydrogens (tertiary/aromatic N) is 2. The summed E-state index contributed by atoms with van der Waals surface area (Å²) in [4.78, 5) is 6.92. The van der Waals surface area contributed by atoms with Crippen LogP contribution < -0.4 is 4.90 Å². The Morgan fingerprint density at radius 2 is 1.09 bits per heavy atom. The van der Waals surface area contributed by atoms with Gasteiger partial charge in [-0.2, -0.15) is 0 Å². The molecule has 0 unspecified atom stereocenters. The summed E-state index contributed by atoms with van der Waals surface area (Å²) in [7, 11) is 0. The van der Waals surface area contributed by atoms with Crippen molar-refractivity contribution >= 4 is 71.8 Å². The van der Waals surface area contributed by atoms with Gasteiger partial charge in [0.25, 0.3) is 0 Å². The predicted octanol–water partition coefficient (Wildman–Crippen LogP) is 11.2. The van der Waals surface area contributed by atoms with Crippen LogP contribution in [0.2, 0.25) is 0 Å². The molecule has 0 aliphatic carbocycles. The molecule has 3 heterocycles. The average Bonchev–Trinajstić information content (AvgIpc) is 3.63. The van der Waals surface area contributed by atoms with Gasteiger partial charge in [-0.15, -0.1) is 0 Å². The molecule has 0 fully saturated rings. The first-order valence-electron chi connectivity index (χ1n) is 14.4. The second kappa shape index (κ2) is 9.33. The van der Waals surface area contributed by atoms with Crippen molar-refractivity contribution in [3.63, 3.8) is 0 Å². The molecule has 0 bridgehead atoms. The van der Waals surface area contributed by atoms with Crippen LogP contribution in [0.15, 0.2) is 155 Å². The van der Waals surface area contributed by atoms with E-state index < -0.39 is 0 Å². The molecule has 43 heavy (non-hydrogen) atoms. The second-order valence-corrected chi connectivity index (χ2v) is 10.8. The smallest absolute Gasteiger partial charge is 0.154 e. The molecule has 0 radical (unpaired) electrons. The van der Waals surface area contributed by atoms with Crippen LogP contribution in [-0.4, -0.2) is 4.98 Å². The Kier molecular flexibility index (Phi) is 5.16. The number of furan rings is 2. The highest BCUT2D eigenvalue weighted by Crippen LogP contribution is 2.44. The van der Waals surface area contributed by atoms with Crippen molar-refractivity contribution in [3.8, 4) is 11.1 Å². The average molecular weight is 553 g/mol. The van der Waals surface area contributed by atoms with Gasteiger partial charge in [-0.3, -0.25) is 4.98 Å². The molecular formula is C39H24N2O2. The maximum Gasteiger partial charge on any atom is 0.154 e. The number of hydrogen-bond acceptors (Lipinski definition) is 4. The lowest BCUT2D eigenvalue weighted by Gasteiger charge is -2.27. The number of rotatable bonds is 4. The molecule has 0 N–H and O–H groups in total. The topological polar surface area (TPSA) is 42.4 Å². The first-order valence-corrected chi connectivity index (χ1v) is 14.4. The van der Waals surface area contributed by atoms with Crippen molar-refractivity contribution in [1.82, 2.24) is 4.98 Å². The van der Waals surface area contributed by atoms with Gasteiger partial charge in [0.2, 0.25) is 0 Å². The van der Waals surface area contributed by atoms with Gasteiger partial charge in [-0.05, 0) is 48.0 Å². The molecule has 0 saturated carbocycles. The molecule has 9 aromatic rings. The van der Waals surface area contributed by atoms with Crippen LogP contribution in [0.3, 0.4) is 0 Å². The largest absolute Gasteiger partial charge is 0.456 e. The van der Waals surface area contributed by atoms with Crippen molar-refractivity contribution in [2.24, 2.45) is 0 Å². The Morgan fingerprint density at radius 1 is 0.465 bits per heavy atom. The van der Waals surface area contributed by atoms with Crippen molar-refractivity contribution in [3.05, 3.63) is 146 Å². The quantitative estimate of drug-likeness (QED) is 0.218. The van der Waals surface area contributed by atoms with Crippen LogP contribution in [0.1, 0.15) is 0 Å². The maximum absolute atomic E-state index is 6.44. The van der Waals surface area contributed by atoms with Crippen LogP contribution in [0.5, 0.6) is 0 Å². The molecule has 0 saturated heterocycles. The zero-order chi connectivity index (χ0) is 28.3. The Balaban J connectivity index is 1.30. The third-order valence-electron chi connectivity index (χ3n) is 8.30. The lowest BCUT2D eigenvalue weighted by atomic mass is 10.0. The number of anilines is 3. The van der Waals surface area contributed by atoms with Crippen LogP contribution in [0.4, 0.5) is 17.1 Å². The molecule has 202 valence electrons. The highest BCUT2D eigenvalue weighted by atomic mass is 16.3. The van der Waals surface area contributed by atoms with E-state index in [0.29, 0.717) is 0 Å². The van der Waals surface area contributed by atoms with Crippen LogP contribution in [0, 0.1) is 0 Å². The monoisotopic (exact) mass is 552 g/mol. The number of fused-ring (bicyclic) bond motifs is 8. The fourth-order valence-electron chi connectivity index (χ4n) is 6.35. The van der Waals surface area contributed by atoms with E-state index >= 15 is 0 Å². The van der Waals surface area contributed by atoms with Crippen LogP contribution in [0.25, 0.3) is 65.9 Å². The lowest BCUT2D eigenvalue weighted by molar-refractivity contribution is 0.667. The van der Waals surface area contributed by atoms with E-state index in [1.165, 1.54) is 0 Å². The summed E-state index contributed by atoms with van der Waals surface area (Å²) < 4.78 is 12.8. The van der Waals surface area contributed by atoms with Crippen molar-refractivity contribution in [2.75, 3.05) is 4.90 Å². The summed E-state index contributed by atoms with van der Waals surface area (Å²) in [5.74, 6) is 0. The molecule has 0 amide bonds. The lowest BCUT2D eigenvalue weighted by Crippen LogP contribution is -2.11. The minimum atomic E-state index is 0.783. The normalized spacial score (nSPS) is 11.7. The predicted molar refractivity (Wildman–Crippen MR) is 176 cm³/mol. The summed E-state index contributed by atoms with van der Waals surface area (Å²) in [5.41, 5.74) is 9.62. The minimum absolute atomic E-state index is 0.783. The maximum atomic E-state index is 6.44. The third kappa shape index (κ3) is 3.74. The van der Waals surface area contributed by atoms with Crippen molar-refractivity contribution < 1.29 is 8.83 Å². The van der Waals surface area contributed by atoms with E-state index in [0.717, 1.165) is 83.0 Å². The van der Waals surface area contributed by atoms with Gasteiger partial charge >= 0.3 is 0 Å². The standard InChI is InChI=1S/C39H24N2O2/c1-2-10-25(11-3-1)28-12-5-8-16-34(28)41(26-18-20-30-29-13-6-9-17-35(29)42-36(30)22-26)27-19-21-32-37(23-27)43-38-24-40-33-15-7-4-14-31(33)39(32)38/h1-24H. The van der Waals surface area contributed by atoms with E-state index in [2.05, 4.69) is 113 Å². The molecule has 6 aromatic carbocycles. The molecule has 0 aliphatic rings. The molecule has 9 rings (SSSR count). The van der Waals surface area contributed by atoms with Gasteiger partial charge in [-0.1, -0.05) is 84.9 Å². The van der Waals surface area contributed by atoms with E-state index in [-0.39, 0.29) is 0 Å². The molecule has 4 heteroatoms. The Bertz CT molecular complexity index is 2470. The Morgan fingerprint density at radius 3 is 1.95 bits per heavy atom. The summed E-state index contributed by atoms with van der Waals surface area (Å²) in [6.07, 6.45) is 1.83. The molecule has 3 aromatic heterocycles. The number of pyridine rings is 1. The third-order valence-corrected chi connectivity index (χ3v) is 8.30. The highest BCUT2D eigenvalue weighted by Gasteiger charge is 2.20. The zero-order valence-corrected chi connectivity index (χ0v) is 23.1. The number of hydrogen-bond donors (Lipinski definition) is 0. The molecule has 4 nitrogen and oxygen atoms in total. The summed E-state index contributed by atoms with van der Waals surface area (Å²) in [6, 6.07) is 48.4. The first-order chi connectivity index (χ1) is 21.3. The number of para-hydroxylation sites is 3. The van der Waals surface area contributed by atoms with E-state index in [9.17, 15) is 0 Å². The van der Waals surface area contributed by atoms with Crippen molar-refractivity contribution in [2.45, 2.75) is 0 Å². The molecular weight excluding hydrogens is 528 g/mol. The number of aromatic nitrogens is 1. The summed E-state index contributed by atoms with van der Waals surface area (Å²) >= 11 is 0. The van der Waals surface area contributed by atoms with Gasteiger partial charge < -0.3 is 13.7 Å². The number of benzene rings is 6. The summed E-state index contributed by atoms with van der Waals surface area (Å²) in [6.45, 7) is 0. The van der Waals surface area contributed by atoms with E-state index in [1.807, 2.05) is 42.6 Å². The highest BCUT2D eigenvalue weighted by molar-refractivity contribution is 6.18. The van der Waals surface area contributed by atoms with Crippen LogP contribution in [-0.2, 0) is 0 Å². The summed E-state index contributed by atoms with van der Waals surface area (Å²) in [5, 5.41) is 5.47. The van der Waals surface area contributed by atoms with Crippen molar-refractivity contribution in [1.29, 1.82) is 0 Å².